The topological polar surface area (TPSA) is 151 Å². The molecule has 0 bridgehead atoms. The van der Waals surface area contributed by atoms with Crippen molar-refractivity contribution in [3.05, 3.63) is 36.2 Å². The molecule has 2 heterocycles. The Labute approximate surface area is 187 Å². The van der Waals surface area contributed by atoms with Crippen molar-refractivity contribution in [2.45, 2.75) is 38.1 Å². The van der Waals surface area contributed by atoms with Crippen LogP contribution < -0.4 is 16.0 Å². The molecule has 32 heavy (non-hydrogen) atoms. The summed E-state index contributed by atoms with van der Waals surface area (Å²) in [5.74, 6) is 0.435. The molecule has 10 nitrogen and oxygen atoms in total. The van der Waals surface area contributed by atoms with Gasteiger partial charge in [0, 0.05) is 30.4 Å². The van der Waals surface area contributed by atoms with Crippen molar-refractivity contribution in [2.24, 2.45) is 0 Å². The Morgan fingerprint density at radius 2 is 2.09 bits per heavy atom. The minimum atomic E-state index is -3.42. The maximum atomic E-state index is 12.2. The molecule has 0 aliphatic heterocycles. The molecule has 1 fully saturated rings. The third kappa shape index (κ3) is 7.36. The fourth-order valence-electron chi connectivity index (χ4n) is 3.49. The Morgan fingerprint density at radius 3 is 2.81 bits per heavy atom. The molecule has 0 atom stereocenters. The molecule has 0 saturated heterocycles. The molecule has 1 aliphatic rings. The highest BCUT2D eigenvalue weighted by Gasteiger charge is 2.17. The van der Waals surface area contributed by atoms with E-state index in [0.29, 0.717) is 35.4 Å². The van der Waals surface area contributed by atoms with E-state index in [-0.39, 0.29) is 18.7 Å². The van der Waals surface area contributed by atoms with Gasteiger partial charge in [-0.25, -0.2) is 9.78 Å². The number of nitrogens with one attached hydrogen (secondary N) is 3. The lowest BCUT2D eigenvalue weighted by molar-refractivity contribution is -0.587. The molecule has 11 heteroatoms. The highest BCUT2D eigenvalue weighted by molar-refractivity contribution is 7.85. The van der Waals surface area contributed by atoms with Gasteiger partial charge < -0.3 is 16.0 Å². The first kappa shape index (κ1) is 23.8. The van der Waals surface area contributed by atoms with Crippen LogP contribution in [0.25, 0.3) is 16.6 Å². The average Bonchev–Trinajstić information content (AvgIpc) is 3.25. The zero-order valence-corrected chi connectivity index (χ0v) is 18.8. The van der Waals surface area contributed by atoms with Crippen LogP contribution in [0.15, 0.2) is 30.6 Å². The van der Waals surface area contributed by atoms with E-state index >= 15 is 0 Å². The molecule has 2 aromatic rings. The van der Waals surface area contributed by atoms with Gasteiger partial charge in [0.2, 0.25) is 0 Å². The standard InChI is InChI=1S/C21H28N6O4S/c1-32(29,30)31-10-4-9-23-13-16(12-22)15-11-19-18(24-14-15)7-8-20(26-19)27-21(28)25-17-5-2-3-6-17/h7-8,11-14,17,22-23H,2-6,9-10H2,1H3,(H2,25,26,27,28)/p+1/b16-13+,22-12?. The molecule has 172 valence electrons. The second kappa shape index (κ2) is 11.1. The van der Waals surface area contributed by atoms with E-state index in [0.717, 1.165) is 37.5 Å². The monoisotopic (exact) mass is 461 g/mol. The Morgan fingerprint density at radius 1 is 1.31 bits per heavy atom. The van der Waals surface area contributed by atoms with Crippen LogP contribution in [0.5, 0.6) is 0 Å². The van der Waals surface area contributed by atoms with E-state index in [1.54, 1.807) is 24.5 Å². The van der Waals surface area contributed by atoms with E-state index in [1.807, 2.05) is 11.4 Å². The quantitative estimate of drug-likeness (QED) is 0.240. The molecule has 5 N–H and O–H groups in total. The Bertz CT molecular complexity index is 1100. The summed E-state index contributed by atoms with van der Waals surface area (Å²) in [5.41, 5.74) is 2.65. The number of fused-ring (bicyclic) bond motifs is 1. The molecule has 0 radical (unpaired) electrons. The van der Waals surface area contributed by atoms with E-state index < -0.39 is 10.1 Å². The number of hydrogen-bond donors (Lipinski definition) is 4. The van der Waals surface area contributed by atoms with Crippen LogP contribution in [0.4, 0.5) is 10.6 Å². The molecule has 3 rings (SSSR count). The second-order valence-electron chi connectivity index (χ2n) is 7.71. The largest absolute Gasteiger partial charge is 0.335 e. The predicted molar refractivity (Wildman–Crippen MR) is 123 cm³/mol. The van der Waals surface area contributed by atoms with Gasteiger partial charge in [0.25, 0.3) is 10.1 Å². The van der Waals surface area contributed by atoms with Crippen LogP contribution in [0, 0.1) is 5.41 Å². The average molecular weight is 462 g/mol. The number of amides is 2. The minimum absolute atomic E-state index is 0.120. The molecule has 0 aromatic carbocycles. The molecule has 1 saturated carbocycles. The highest BCUT2D eigenvalue weighted by Crippen LogP contribution is 2.19. The molecule has 0 unspecified atom stereocenters. The van der Waals surface area contributed by atoms with Crippen LogP contribution in [-0.4, -0.2) is 56.1 Å². The van der Waals surface area contributed by atoms with Gasteiger partial charge in [-0.1, -0.05) is 12.8 Å². The summed E-state index contributed by atoms with van der Waals surface area (Å²) < 4.78 is 26.6. The van der Waals surface area contributed by atoms with Gasteiger partial charge in [-0.3, -0.25) is 14.5 Å². The van der Waals surface area contributed by atoms with E-state index in [4.69, 9.17) is 9.59 Å². The number of hydrogen-bond acceptors (Lipinski definition) is 7. The van der Waals surface area contributed by atoms with Crippen molar-refractivity contribution in [3.63, 3.8) is 0 Å². The Hall–Kier alpha value is -2.89. The van der Waals surface area contributed by atoms with Crippen LogP contribution in [0.2, 0.25) is 0 Å². The maximum Gasteiger partial charge on any atom is 0.320 e. The van der Waals surface area contributed by atoms with E-state index in [2.05, 4.69) is 20.6 Å². The number of anilines is 1. The first-order valence-electron chi connectivity index (χ1n) is 10.6. The fourth-order valence-corrected chi connectivity index (χ4v) is 3.91. The minimum Gasteiger partial charge on any atom is -0.335 e. The van der Waals surface area contributed by atoms with Crippen LogP contribution in [0.1, 0.15) is 37.7 Å². The number of aromatic nitrogens is 2. The maximum absolute atomic E-state index is 12.2. The fraction of sp³-hybridized carbons (Fsp3) is 0.429. The van der Waals surface area contributed by atoms with Gasteiger partial charge in [-0.05, 0) is 31.0 Å². The van der Waals surface area contributed by atoms with Gasteiger partial charge in [0.05, 0.1) is 36.0 Å². The summed E-state index contributed by atoms with van der Waals surface area (Å²) in [6.45, 7) is 0.727. The highest BCUT2D eigenvalue weighted by atomic mass is 32.2. The van der Waals surface area contributed by atoms with Crippen molar-refractivity contribution in [1.29, 1.82) is 5.41 Å². The number of pyridine rings is 2. The molecule has 0 spiro atoms. The van der Waals surface area contributed by atoms with Crippen LogP contribution in [0.3, 0.4) is 0 Å². The lowest BCUT2D eigenvalue weighted by atomic mass is 10.1. The second-order valence-corrected chi connectivity index (χ2v) is 9.35. The number of rotatable bonds is 10. The molecule has 2 amide bonds. The summed E-state index contributed by atoms with van der Waals surface area (Å²) in [7, 11) is -3.42. The van der Waals surface area contributed by atoms with Crippen molar-refractivity contribution in [1.82, 2.24) is 15.3 Å². The zero-order chi connectivity index (χ0) is 23.0. The number of quaternary nitrogens is 1. The van der Waals surface area contributed by atoms with Crippen LogP contribution >= 0.6 is 0 Å². The third-order valence-corrected chi connectivity index (χ3v) is 5.66. The van der Waals surface area contributed by atoms with E-state index in [9.17, 15) is 13.2 Å². The van der Waals surface area contributed by atoms with Gasteiger partial charge in [-0.15, -0.1) is 0 Å². The normalized spacial score (nSPS) is 15.1. The van der Waals surface area contributed by atoms with Crippen molar-refractivity contribution >= 4 is 44.8 Å². The smallest absolute Gasteiger partial charge is 0.320 e. The van der Waals surface area contributed by atoms with Gasteiger partial charge in [0.1, 0.15) is 12.0 Å². The summed E-state index contributed by atoms with van der Waals surface area (Å²) in [5, 5.41) is 15.3. The van der Waals surface area contributed by atoms with Gasteiger partial charge in [0.15, 0.2) is 0 Å². The van der Waals surface area contributed by atoms with E-state index in [1.165, 1.54) is 6.21 Å². The lowest BCUT2D eigenvalue weighted by Gasteiger charge is -2.12. The number of carbonyl (C=O) groups is 1. The van der Waals surface area contributed by atoms with Crippen molar-refractivity contribution < 1.29 is 22.7 Å². The summed E-state index contributed by atoms with van der Waals surface area (Å²) >= 11 is 0. The number of urea groups is 1. The predicted octanol–water partition coefficient (Wildman–Crippen LogP) is 1.61. The number of carbonyl (C=O) groups excluding carboxylic acids is 1. The number of nitrogens with zero attached hydrogens (tertiary/aromatic N) is 2. The summed E-state index contributed by atoms with van der Waals surface area (Å²) in [4.78, 5) is 21.1. The summed E-state index contributed by atoms with van der Waals surface area (Å²) in [6, 6.07) is 5.28. The first-order chi connectivity index (χ1) is 15.3. The zero-order valence-electron chi connectivity index (χ0n) is 18.0. The first-order valence-corrected chi connectivity index (χ1v) is 12.4. The molecule has 1 aliphatic carbocycles. The van der Waals surface area contributed by atoms with Crippen molar-refractivity contribution in [3.8, 4) is 0 Å². The molecular formula is C21H29N6O4S+. The number of nitrogens with two attached hydrogens (primary N) is 1. The molecular weight excluding hydrogens is 432 g/mol. The Kier molecular flexibility index (Phi) is 8.26. The lowest BCUT2D eigenvalue weighted by Crippen LogP contribution is -2.78. The third-order valence-electron chi connectivity index (χ3n) is 5.07. The Balaban J connectivity index is 1.62. The van der Waals surface area contributed by atoms with Crippen LogP contribution in [-0.2, 0) is 14.3 Å². The SMILES string of the molecule is CS(=O)(=O)OCCC[NH2+]/C=C(\C=N)c1cnc2ccc(NC(=O)NC3CCCC3)nc2c1. The number of allylic oxidation sites excluding steroid dienone is 1. The van der Waals surface area contributed by atoms with Gasteiger partial charge >= 0.3 is 6.03 Å². The summed E-state index contributed by atoms with van der Waals surface area (Å²) in [6.07, 6.45) is 10.5. The van der Waals surface area contributed by atoms with Crippen molar-refractivity contribution in [2.75, 3.05) is 24.7 Å². The van der Waals surface area contributed by atoms with Gasteiger partial charge in [-0.2, -0.15) is 8.42 Å². The molecule has 2 aromatic heterocycles.